The normalized spacial score (nSPS) is 19.3. The highest BCUT2D eigenvalue weighted by molar-refractivity contribution is 6.19. The zero-order valence-electron chi connectivity index (χ0n) is 16.4. The molecule has 1 heterocycles. The van der Waals surface area contributed by atoms with E-state index in [0.29, 0.717) is 19.0 Å². The standard InChI is InChI=1S/C20H32ClNO3/c1-8-17(13-15(2)14-21)16(3)20(24-7)9-11-22(12-10-20)18(23)25-19(4,5)6/h8,13H,1,9-12,14H2,2-7H3/b15-13-,17-16+. The summed E-state index contributed by atoms with van der Waals surface area (Å²) in [5.41, 5.74) is 2.35. The monoisotopic (exact) mass is 369 g/mol. The van der Waals surface area contributed by atoms with Gasteiger partial charge in [0.2, 0.25) is 0 Å². The van der Waals surface area contributed by atoms with Crippen LogP contribution >= 0.6 is 11.6 Å². The number of amides is 1. The zero-order chi connectivity index (χ0) is 19.3. The minimum absolute atomic E-state index is 0.263. The van der Waals surface area contributed by atoms with E-state index >= 15 is 0 Å². The Bertz CT molecular complexity index is 550. The Balaban J connectivity index is 2.97. The number of hydrogen-bond donors (Lipinski definition) is 0. The molecular weight excluding hydrogens is 338 g/mol. The summed E-state index contributed by atoms with van der Waals surface area (Å²) in [6.45, 7) is 14.8. The molecule has 1 amide bonds. The fourth-order valence-corrected chi connectivity index (χ4v) is 3.07. The van der Waals surface area contributed by atoms with Crippen LogP contribution in [0, 0.1) is 0 Å². The van der Waals surface area contributed by atoms with Crippen molar-refractivity contribution >= 4 is 17.7 Å². The molecule has 1 rings (SSSR count). The molecule has 1 fully saturated rings. The number of hydrogen-bond acceptors (Lipinski definition) is 3. The molecular formula is C20H32ClNO3. The zero-order valence-corrected chi connectivity index (χ0v) is 17.2. The maximum absolute atomic E-state index is 12.3. The van der Waals surface area contributed by atoms with Crippen LogP contribution in [0.5, 0.6) is 0 Å². The van der Waals surface area contributed by atoms with Gasteiger partial charge in [-0.2, -0.15) is 0 Å². The number of nitrogens with zero attached hydrogens (tertiary/aromatic N) is 1. The molecule has 0 radical (unpaired) electrons. The second kappa shape index (κ2) is 8.91. The Labute approximate surface area is 157 Å². The van der Waals surface area contributed by atoms with E-state index in [-0.39, 0.29) is 6.09 Å². The third-order valence-electron chi connectivity index (χ3n) is 4.56. The van der Waals surface area contributed by atoms with Gasteiger partial charge >= 0.3 is 6.09 Å². The number of methoxy groups -OCH3 is 1. The highest BCUT2D eigenvalue weighted by atomic mass is 35.5. The van der Waals surface area contributed by atoms with E-state index in [4.69, 9.17) is 21.1 Å². The summed E-state index contributed by atoms with van der Waals surface area (Å²) in [5.74, 6) is 0.483. The van der Waals surface area contributed by atoms with E-state index in [1.807, 2.05) is 33.8 Å². The van der Waals surface area contributed by atoms with Crippen LogP contribution in [0.4, 0.5) is 4.79 Å². The molecule has 0 saturated carbocycles. The van der Waals surface area contributed by atoms with Crippen LogP contribution in [0.1, 0.15) is 47.5 Å². The number of carbonyl (C=O) groups is 1. The topological polar surface area (TPSA) is 38.8 Å². The van der Waals surface area contributed by atoms with Gasteiger partial charge in [0.05, 0.1) is 5.60 Å². The van der Waals surface area contributed by atoms with Crippen molar-refractivity contribution in [3.8, 4) is 0 Å². The van der Waals surface area contributed by atoms with E-state index in [1.165, 1.54) is 0 Å². The summed E-state index contributed by atoms with van der Waals surface area (Å²) in [7, 11) is 1.73. The number of piperidine rings is 1. The number of carbonyl (C=O) groups excluding carboxylic acids is 1. The van der Waals surface area contributed by atoms with Crippen molar-refractivity contribution in [3.63, 3.8) is 0 Å². The lowest BCUT2D eigenvalue weighted by Crippen LogP contribution is -2.49. The lowest BCUT2D eigenvalue weighted by molar-refractivity contribution is -0.0371. The molecule has 0 bridgehead atoms. The third-order valence-corrected chi connectivity index (χ3v) is 4.98. The minimum atomic E-state index is -0.484. The van der Waals surface area contributed by atoms with Crippen LogP contribution < -0.4 is 0 Å². The summed E-state index contributed by atoms with van der Waals surface area (Å²) in [4.78, 5) is 14.0. The summed E-state index contributed by atoms with van der Waals surface area (Å²) < 4.78 is 11.4. The molecule has 0 spiro atoms. The first kappa shape index (κ1) is 21.8. The van der Waals surface area contributed by atoms with Crippen LogP contribution in [0.25, 0.3) is 0 Å². The number of allylic oxidation sites excluding steroid dienone is 4. The third kappa shape index (κ3) is 5.89. The van der Waals surface area contributed by atoms with Crippen LogP contribution in [0.2, 0.25) is 0 Å². The Hall–Kier alpha value is -1.26. The van der Waals surface area contributed by atoms with Crippen molar-refractivity contribution in [2.24, 2.45) is 0 Å². The Morgan fingerprint density at radius 2 is 1.84 bits per heavy atom. The number of halogens is 1. The van der Waals surface area contributed by atoms with Gasteiger partial charge in [0.1, 0.15) is 5.60 Å². The van der Waals surface area contributed by atoms with Gasteiger partial charge in [0, 0.05) is 26.1 Å². The molecule has 0 aromatic rings. The quantitative estimate of drug-likeness (QED) is 0.500. The summed E-state index contributed by atoms with van der Waals surface area (Å²) in [5, 5.41) is 0. The van der Waals surface area contributed by atoms with E-state index in [0.717, 1.165) is 29.6 Å². The smallest absolute Gasteiger partial charge is 0.410 e. The molecule has 25 heavy (non-hydrogen) atoms. The molecule has 0 aromatic carbocycles. The molecule has 0 unspecified atom stereocenters. The van der Waals surface area contributed by atoms with Gasteiger partial charge in [0.25, 0.3) is 0 Å². The van der Waals surface area contributed by atoms with E-state index < -0.39 is 11.2 Å². The number of rotatable bonds is 5. The second-order valence-electron chi connectivity index (χ2n) is 7.57. The lowest BCUT2D eigenvalue weighted by atomic mass is 9.81. The second-order valence-corrected chi connectivity index (χ2v) is 7.84. The fourth-order valence-electron chi connectivity index (χ4n) is 3.00. The van der Waals surface area contributed by atoms with Gasteiger partial charge in [-0.15, -0.1) is 11.6 Å². The molecule has 142 valence electrons. The largest absolute Gasteiger partial charge is 0.444 e. The van der Waals surface area contributed by atoms with Gasteiger partial charge in [-0.25, -0.2) is 4.79 Å². The molecule has 4 nitrogen and oxygen atoms in total. The first-order chi connectivity index (χ1) is 11.6. The summed E-state index contributed by atoms with van der Waals surface area (Å²) in [6.07, 6.45) is 5.07. The Morgan fingerprint density at radius 1 is 1.28 bits per heavy atom. The fraction of sp³-hybridized carbons (Fsp3) is 0.650. The van der Waals surface area contributed by atoms with Crippen molar-refractivity contribution in [1.82, 2.24) is 4.90 Å². The summed E-state index contributed by atoms with van der Waals surface area (Å²) >= 11 is 5.90. The first-order valence-electron chi connectivity index (χ1n) is 8.68. The molecule has 1 aliphatic rings. The highest BCUT2D eigenvalue weighted by Gasteiger charge is 2.39. The maximum atomic E-state index is 12.3. The van der Waals surface area contributed by atoms with Gasteiger partial charge in [-0.3, -0.25) is 0 Å². The van der Waals surface area contributed by atoms with Crippen LogP contribution in [-0.2, 0) is 9.47 Å². The van der Waals surface area contributed by atoms with Crippen molar-refractivity contribution in [2.45, 2.75) is 58.7 Å². The lowest BCUT2D eigenvalue weighted by Gasteiger charge is -2.42. The molecule has 0 aliphatic carbocycles. The van der Waals surface area contributed by atoms with Crippen molar-refractivity contribution in [3.05, 3.63) is 35.5 Å². The van der Waals surface area contributed by atoms with Crippen molar-refractivity contribution in [2.75, 3.05) is 26.1 Å². The SMILES string of the molecule is C=CC(/C=C(/C)CCl)=C(/C)C1(OC)CCN(C(=O)OC(C)(C)C)CC1. The first-order valence-corrected chi connectivity index (χ1v) is 9.22. The van der Waals surface area contributed by atoms with E-state index in [2.05, 4.69) is 19.6 Å². The van der Waals surface area contributed by atoms with Gasteiger partial charge < -0.3 is 14.4 Å². The predicted octanol–water partition coefficient (Wildman–Crippen LogP) is 5.09. The molecule has 0 atom stereocenters. The van der Waals surface area contributed by atoms with Crippen molar-refractivity contribution in [1.29, 1.82) is 0 Å². The number of alkyl halides is 1. The summed E-state index contributed by atoms with van der Waals surface area (Å²) in [6, 6.07) is 0. The van der Waals surface area contributed by atoms with Crippen LogP contribution in [-0.4, -0.2) is 48.3 Å². The maximum Gasteiger partial charge on any atom is 0.410 e. The van der Waals surface area contributed by atoms with Crippen molar-refractivity contribution < 1.29 is 14.3 Å². The Morgan fingerprint density at radius 3 is 2.24 bits per heavy atom. The average molecular weight is 370 g/mol. The minimum Gasteiger partial charge on any atom is -0.444 e. The highest BCUT2D eigenvalue weighted by Crippen LogP contribution is 2.35. The van der Waals surface area contributed by atoms with Crippen LogP contribution in [0.15, 0.2) is 35.5 Å². The van der Waals surface area contributed by atoms with Crippen LogP contribution in [0.3, 0.4) is 0 Å². The number of likely N-dealkylation sites (tertiary alicyclic amines) is 1. The molecule has 1 aliphatic heterocycles. The average Bonchev–Trinajstić information content (AvgIpc) is 2.57. The Kier molecular flexibility index (Phi) is 7.76. The molecule has 1 saturated heterocycles. The van der Waals surface area contributed by atoms with E-state index in [9.17, 15) is 4.79 Å². The van der Waals surface area contributed by atoms with E-state index in [1.54, 1.807) is 12.0 Å². The van der Waals surface area contributed by atoms with Gasteiger partial charge in [0.15, 0.2) is 0 Å². The molecule has 0 aromatic heterocycles. The molecule has 0 N–H and O–H groups in total. The predicted molar refractivity (Wildman–Crippen MR) is 104 cm³/mol. The van der Waals surface area contributed by atoms with Gasteiger partial charge in [-0.1, -0.05) is 24.3 Å². The number of ether oxygens (including phenoxy) is 2. The molecule has 5 heteroatoms. The van der Waals surface area contributed by atoms with Gasteiger partial charge in [-0.05, 0) is 58.6 Å².